The van der Waals surface area contributed by atoms with Crippen molar-refractivity contribution in [1.82, 2.24) is 4.90 Å². The molecule has 1 heterocycles. The maximum Gasteiger partial charge on any atom is 0.163 e. The predicted molar refractivity (Wildman–Crippen MR) is 78.7 cm³/mol. The first kappa shape index (κ1) is 14.2. The molecule has 21 heavy (non-hydrogen) atoms. The van der Waals surface area contributed by atoms with Gasteiger partial charge in [-0.3, -0.25) is 4.90 Å². The number of hydrogen-bond acceptors (Lipinski definition) is 2. The van der Waals surface area contributed by atoms with E-state index in [2.05, 4.69) is 17.0 Å². The normalized spacial score (nSPS) is 16.5. The van der Waals surface area contributed by atoms with Crippen LogP contribution >= 0.6 is 0 Å². The highest BCUT2D eigenvalue weighted by molar-refractivity contribution is 5.30. The Morgan fingerprint density at radius 1 is 1.05 bits per heavy atom. The highest BCUT2D eigenvalue weighted by atomic mass is 19.2. The predicted octanol–water partition coefficient (Wildman–Crippen LogP) is 3.02. The van der Waals surface area contributed by atoms with Crippen molar-refractivity contribution in [2.75, 3.05) is 13.1 Å². The number of halogens is 2. The van der Waals surface area contributed by atoms with Crippen molar-refractivity contribution in [2.45, 2.75) is 19.0 Å². The topological polar surface area (TPSA) is 29.3 Å². The van der Waals surface area contributed by atoms with Gasteiger partial charge >= 0.3 is 0 Å². The molecule has 2 aromatic rings. The van der Waals surface area contributed by atoms with Gasteiger partial charge in [-0.1, -0.05) is 36.4 Å². The molecule has 1 aliphatic rings. The van der Waals surface area contributed by atoms with Crippen LogP contribution in [0.3, 0.4) is 0 Å². The SMILES string of the molecule is NCC(c1cccc(F)c1F)N1CCc2ccccc2C1. The summed E-state index contributed by atoms with van der Waals surface area (Å²) in [7, 11) is 0. The van der Waals surface area contributed by atoms with Gasteiger partial charge in [0, 0.05) is 25.2 Å². The standard InChI is InChI=1S/C17H18F2N2/c18-15-7-3-6-14(17(15)19)16(10-20)21-9-8-12-4-1-2-5-13(12)11-21/h1-7,16H,8-11,20H2. The number of fused-ring (bicyclic) bond motifs is 1. The van der Waals surface area contributed by atoms with Crippen LogP contribution in [0, 0.1) is 11.6 Å². The Morgan fingerprint density at radius 2 is 1.81 bits per heavy atom. The van der Waals surface area contributed by atoms with Crippen LogP contribution in [0.2, 0.25) is 0 Å². The van der Waals surface area contributed by atoms with E-state index in [1.807, 2.05) is 12.1 Å². The molecule has 3 rings (SSSR count). The maximum atomic E-state index is 14.0. The first-order chi connectivity index (χ1) is 10.2. The fourth-order valence-electron chi connectivity index (χ4n) is 3.03. The van der Waals surface area contributed by atoms with Crippen molar-refractivity contribution in [3.63, 3.8) is 0 Å². The summed E-state index contributed by atoms with van der Waals surface area (Å²) in [6.07, 6.45) is 0.906. The summed E-state index contributed by atoms with van der Waals surface area (Å²) in [6, 6.07) is 12.2. The van der Waals surface area contributed by atoms with Crippen LogP contribution in [-0.4, -0.2) is 18.0 Å². The molecule has 0 amide bonds. The molecule has 0 saturated heterocycles. The van der Waals surface area contributed by atoms with Crippen LogP contribution < -0.4 is 5.73 Å². The number of benzene rings is 2. The quantitative estimate of drug-likeness (QED) is 0.940. The van der Waals surface area contributed by atoms with Crippen molar-refractivity contribution >= 4 is 0 Å². The second kappa shape index (κ2) is 5.92. The molecule has 0 bridgehead atoms. The van der Waals surface area contributed by atoms with Crippen molar-refractivity contribution in [3.8, 4) is 0 Å². The van der Waals surface area contributed by atoms with Gasteiger partial charge in [0.2, 0.25) is 0 Å². The summed E-state index contributed by atoms with van der Waals surface area (Å²) < 4.78 is 27.5. The molecule has 1 atom stereocenters. The van der Waals surface area contributed by atoms with Gasteiger partial charge in [0.1, 0.15) is 0 Å². The average Bonchev–Trinajstić information content (AvgIpc) is 2.52. The molecule has 0 saturated carbocycles. The van der Waals surface area contributed by atoms with Crippen LogP contribution in [0.5, 0.6) is 0 Å². The van der Waals surface area contributed by atoms with E-state index < -0.39 is 11.6 Å². The van der Waals surface area contributed by atoms with E-state index in [1.54, 1.807) is 6.07 Å². The smallest absolute Gasteiger partial charge is 0.163 e. The molecule has 2 nitrogen and oxygen atoms in total. The van der Waals surface area contributed by atoms with Gasteiger partial charge in [0.05, 0.1) is 6.04 Å². The minimum absolute atomic E-state index is 0.266. The lowest BCUT2D eigenvalue weighted by molar-refractivity contribution is 0.179. The van der Waals surface area contributed by atoms with Gasteiger partial charge in [0.25, 0.3) is 0 Å². The molecule has 0 radical (unpaired) electrons. The second-order valence-corrected chi connectivity index (χ2v) is 5.38. The molecular formula is C17H18F2N2. The maximum absolute atomic E-state index is 14.0. The first-order valence-corrected chi connectivity index (χ1v) is 7.15. The lowest BCUT2D eigenvalue weighted by atomic mass is 9.96. The Balaban J connectivity index is 1.90. The lowest BCUT2D eigenvalue weighted by Gasteiger charge is -2.35. The largest absolute Gasteiger partial charge is 0.329 e. The van der Waals surface area contributed by atoms with Crippen molar-refractivity contribution < 1.29 is 8.78 Å². The number of hydrogen-bond donors (Lipinski definition) is 1. The van der Waals surface area contributed by atoms with Gasteiger partial charge < -0.3 is 5.73 Å². The van der Waals surface area contributed by atoms with Crippen molar-refractivity contribution in [2.24, 2.45) is 5.73 Å². The van der Waals surface area contributed by atoms with Gasteiger partial charge in [-0.25, -0.2) is 8.78 Å². The molecule has 1 aliphatic heterocycles. The van der Waals surface area contributed by atoms with E-state index in [0.29, 0.717) is 12.1 Å². The second-order valence-electron chi connectivity index (χ2n) is 5.38. The summed E-state index contributed by atoms with van der Waals surface area (Å²) in [5.74, 6) is -1.60. The average molecular weight is 288 g/mol. The Bertz CT molecular complexity index is 642. The van der Waals surface area contributed by atoms with Gasteiger partial charge in [0.15, 0.2) is 11.6 Å². The van der Waals surface area contributed by atoms with Crippen LogP contribution in [0.15, 0.2) is 42.5 Å². The number of nitrogens with zero attached hydrogens (tertiary/aromatic N) is 1. The fourth-order valence-corrected chi connectivity index (χ4v) is 3.03. The number of nitrogens with two attached hydrogens (primary N) is 1. The molecule has 0 fully saturated rings. The first-order valence-electron chi connectivity index (χ1n) is 7.15. The Kier molecular flexibility index (Phi) is 3.99. The third-order valence-electron chi connectivity index (χ3n) is 4.16. The molecule has 2 N–H and O–H groups in total. The van der Waals surface area contributed by atoms with E-state index >= 15 is 0 Å². The molecule has 110 valence electrons. The molecule has 0 aliphatic carbocycles. The van der Waals surface area contributed by atoms with E-state index in [1.165, 1.54) is 17.2 Å². The molecule has 0 aromatic heterocycles. The molecular weight excluding hydrogens is 270 g/mol. The molecule has 1 unspecified atom stereocenters. The van der Waals surface area contributed by atoms with Crippen LogP contribution in [0.1, 0.15) is 22.7 Å². The van der Waals surface area contributed by atoms with E-state index in [4.69, 9.17) is 5.73 Å². The van der Waals surface area contributed by atoms with Gasteiger partial charge in [-0.2, -0.15) is 0 Å². The third-order valence-corrected chi connectivity index (χ3v) is 4.16. The Hall–Kier alpha value is -1.78. The lowest BCUT2D eigenvalue weighted by Crippen LogP contribution is -2.38. The zero-order chi connectivity index (χ0) is 14.8. The Labute approximate surface area is 123 Å². The summed E-state index contributed by atoms with van der Waals surface area (Å²) in [5.41, 5.74) is 8.75. The summed E-state index contributed by atoms with van der Waals surface area (Å²) in [6.45, 7) is 1.78. The number of rotatable bonds is 3. The molecule has 0 spiro atoms. The van der Waals surface area contributed by atoms with Crippen LogP contribution in [-0.2, 0) is 13.0 Å². The zero-order valence-electron chi connectivity index (χ0n) is 11.7. The highest BCUT2D eigenvalue weighted by Crippen LogP contribution is 2.29. The minimum Gasteiger partial charge on any atom is -0.329 e. The minimum atomic E-state index is -0.816. The Morgan fingerprint density at radius 3 is 2.57 bits per heavy atom. The summed E-state index contributed by atoms with van der Waals surface area (Å²) >= 11 is 0. The highest BCUT2D eigenvalue weighted by Gasteiger charge is 2.26. The van der Waals surface area contributed by atoms with E-state index in [9.17, 15) is 8.78 Å². The van der Waals surface area contributed by atoms with Gasteiger partial charge in [-0.05, 0) is 23.6 Å². The van der Waals surface area contributed by atoms with Crippen molar-refractivity contribution in [1.29, 1.82) is 0 Å². The summed E-state index contributed by atoms with van der Waals surface area (Å²) in [5, 5.41) is 0. The zero-order valence-corrected chi connectivity index (χ0v) is 11.7. The molecule has 2 aromatic carbocycles. The van der Waals surface area contributed by atoms with Gasteiger partial charge in [-0.15, -0.1) is 0 Å². The van der Waals surface area contributed by atoms with Crippen LogP contribution in [0.25, 0.3) is 0 Å². The van der Waals surface area contributed by atoms with Crippen molar-refractivity contribution in [3.05, 3.63) is 70.8 Å². The monoisotopic (exact) mass is 288 g/mol. The third kappa shape index (κ3) is 2.69. The van der Waals surface area contributed by atoms with E-state index in [-0.39, 0.29) is 12.6 Å². The van der Waals surface area contributed by atoms with Crippen LogP contribution in [0.4, 0.5) is 8.78 Å². The van der Waals surface area contributed by atoms with E-state index in [0.717, 1.165) is 19.0 Å². The fraction of sp³-hybridized carbons (Fsp3) is 0.294. The summed E-state index contributed by atoms with van der Waals surface area (Å²) in [4.78, 5) is 2.13. The molecule has 4 heteroatoms.